The van der Waals surface area contributed by atoms with Crippen molar-refractivity contribution in [2.24, 2.45) is 0 Å². The maximum Gasteiger partial charge on any atom is 0.325 e. The largest absolute Gasteiger partial charge is 0.465 e. The predicted molar refractivity (Wildman–Crippen MR) is 120 cm³/mol. The van der Waals surface area contributed by atoms with Crippen molar-refractivity contribution < 1.29 is 9.53 Å². The SMILES string of the molecule is CCOC(=O)Cn1cc(CCN2CCN(c3cccc(C)n3)CC2)c2ccccc21. The van der Waals surface area contributed by atoms with E-state index in [1.165, 1.54) is 10.9 Å². The summed E-state index contributed by atoms with van der Waals surface area (Å²) >= 11 is 0. The zero-order chi connectivity index (χ0) is 20.9. The first-order chi connectivity index (χ1) is 14.6. The maximum absolute atomic E-state index is 12.0. The molecule has 6 heteroatoms. The third-order valence-corrected chi connectivity index (χ3v) is 5.74. The molecule has 158 valence electrons. The van der Waals surface area contributed by atoms with Gasteiger partial charge in [0.25, 0.3) is 0 Å². The minimum Gasteiger partial charge on any atom is -0.465 e. The summed E-state index contributed by atoms with van der Waals surface area (Å²) in [6, 6.07) is 14.5. The highest BCUT2D eigenvalue weighted by Crippen LogP contribution is 2.23. The van der Waals surface area contributed by atoms with Gasteiger partial charge in [-0.05, 0) is 44.0 Å². The average Bonchev–Trinajstić information content (AvgIpc) is 3.10. The molecule has 0 amide bonds. The highest BCUT2D eigenvalue weighted by Gasteiger charge is 2.19. The summed E-state index contributed by atoms with van der Waals surface area (Å²) in [6.07, 6.45) is 3.09. The monoisotopic (exact) mass is 406 g/mol. The number of aryl methyl sites for hydroxylation is 1. The summed E-state index contributed by atoms with van der Waals surface area (Å²) in [6.45, 7) is 9.65. The molecule has 1 aliphatic rings. The first-order valence-electron chi connectivity index (χ1n) is 10.8. The molecule has 0 saturated carbocycles. The van der Waals surface area contributed by atoms with E-state index < -0.39 is 0 Å². The van der Waals surface area contributed by atoms with Gasteiger partial charge in [0.15, 0.2) is 0 Å². The average molecular weight is 407 g/mol. The van der Waals surface area contributed by atoms with Crippen LogP contribution in [0.2, 0.25) is 0 Å². The molecule has 3 aromatic rings. The molecule has 6 nitrogen and oxygen atoms in total. The summed E-state index contributed by atoms with van der Waals surface area (Å²) in [7, 11) is 0. The fraction of sp³-hybridized carbons (Fsp3) is 0.417. The molecule has 1 aromatic carbocycles. The van der Waals surface area contributed by atoms with Gasteiger partial charge in [-0.25, -0.2) is 4.98 Å². The number of fused-ring (bicyclic) bond motifs is 1. The number of aromatic nitrogens is 2. The van der Waals surface area contributed by atoms with Crippen LogP contribution in [0.25, 0.3) is 10.9 Å². The number of ether oxygens (including phenoxy) is 1. The zero-order valence-electron chi connectivity index (χ0n) is 17.9. The molecule has 3 heterocycles. The molecule has 0 bridgehead atoms. The summed E-state index contributed by atoms with van der Waals surface area (Å²) < 4.78 is 7.15. The molecule has 1 fully saturated rings. The van der Waals surface area contributed by atoms with Crippen LogP contribution in [0, 0.1) is 6.92 Å². The van der Waals surface area contributed by atoms with Crippen molar-refractivity contribution in [3.8, 4) is 0 Å². The van der Waals surface area contributed by atoms with E-state index in [9.17, 15) is 4.79 Å². The van der Waals surface area contributed by atoms with Gasteiger partial charge in [0, 0.05) is 55.5 Å². The number of piperazine rings is 1. The molecule has 30 heavy (non-hydrogen) atoms. The number of benzene rings is 1. The van der Waals surface area contributed by atoms with E-state index in [1.807, 2.05) is 30.5 Å². The molecule has 4 rings (SSSR count). The molecule has 0 radical (unpaired) electrons. The molecular formula is C24H30N4O2. The summed E-state index contributed by atoms with van der Waals surface area (Å²) in [5, 5.41) is 1.23. The van der Waals surface area contributed by atoms with Crippen molar-refractivity contribution in [1.29, 1.82) is 0 Å². The second-order valence-electron chi connectivity index (χ2n) is 7.82. The molecule has 0 atom stereocenters. The fourth-order valence-corrected chi connectivity index (χ4v) is 4.18. The summed E-state index contributed by atoms with van der Waals surface area (Å²) in [4.78, 5) is 21.5. The third-order valence-electron chi connectivity index (χ3n) is 5.74. The lowest BCUT2D eigenvalue weighted by atomic mass is 10.1. The van der Waals surface area contributed by atoms with Gasteiger partial charge < -0.3 is 14.2 Å². The Morgan fingerprint density at radius 3 is 2.63 bits per heavy atom. The quantitative estimate of drug-likeness (QED) is 0.564. The van der Waals surface area contributed by atoms with E-state index in [-0.39, 0.29) is 12.5 Å². The number of hydrogen-bond donors (Lipinski definition) is 0. The number of carbonyl (C=O) groups excluding carboxylic acids is 1. The number of hydrogen-bond acceptors (Lipinski definition) is 5. The second kappa shape index (κ2) is 9.30. The van der Waals surface area contributed by atoms with E-state index in [0.717, 1.165) is 56.2 Å². The molecule has 1 saturated heterocycles. The number of pyridine rings is 1. The summed E-state index contributed by atoms with van der Waals surface area (Å²) in [5.74, 6) is 0.891. The van der Waals surface area contributed by atoms with Crippen LogP contribution in [0.1, 0.15) is 18.2 Å². The van der Waals surface area contributed by atoms with Gasteiger partial charge in [-0.1, -0.05) is 24.3 Å². The first kappa shape index (κ1) is 20.4. The maximum atomic E-state index is 12.0. The van der Waals surface area contributed by atoms with E-state index in [4.69, 9.17) is 4.74 Å². The molecular weight excluding hydrogens is 376 g/mol. The Bertz CT molecular complexity index is 1010. The van der Waals surface area contributed by atoms with Crippen LogP contribution in [0.4, 0.5) is 5.82 Å². The standard InChI is InChI=1S/C24H30N4O2/c1-3-30-24(29)18-28-17-20(21-8-4-5-9-22(21)28)11-12-26-13-15-27(16-14-26)23-10-6-7-19(2)25-23/h4-10,17H,3,11-16,18H2,1-2H3. The van der Waals surface area contributed by atoms with Crippen molar-refractivity contribution in [3.63, 3.8) is 0 Å². The number of carbonyl (C=O) groups is 1. The van der Waals surface area contributed by atoms with Crippen molar-refractivity contribution in [2.45, 2.75) is 26.8 Å². The Hall–Kier alpha value is -2.86. The lowest BCUT2D eigenvalue weighted by Crippen LogP contribution is -2.47. The van der Waals surface area contributed by atoms with Crippen LogP contribution in [0.3, 0.4) is 0 Å². The first-order valence-corrected chi connectivity index (χ1v) is 10.8. The summed E-state index contributed by atoms with van der Waals surface area (Å²) in [5.41, 5.74) is 3.45. The number of esters is 1. The number of anilines is 1. The number of rotatable bonds is 7. The van der Waals surface area contributed by atoms with Crippen molar-refractivity contribution in [2.75, 3.05) is 44.2 Å². The van der Waals surface area contributed by atoms with Crippen molar-refractivity contribution >= 4 is 22.7 Å². The Balaban J connectivity index is 1.38. The molecule has 1 aliphatic heterocycles. The number of para-hydroxylation sites is 1. The van der Waals surface area contributed by atoms with Crippen LogP contribution >= 0.6 is 0 Å². The van der Waals surface area contributed by atoms with Gasteiger partial charge in [-0.3, -0.25) is 9.69 Å². The topological polar surface area (TPSA) is 50.6 Å². The zero-order valence-corrected chi connectivity index (χ0v) is 17.9. The van der Waals surface area contributed by atoms with Crippen LogP contribution in [0.5, 0.6) is 0 Å². The van der Waals surface area contributed by atoms with Crippen LogP contribution in [0.15, 0.2) is 48.7 Å². The fourth-order valence-electron chi connectivity index (χ4n) is 4.18. The molecule has 2 aromatic heterocycles. The molecule has 0 aliphatic carbocycles. The van der Waals surface area contributed by atoms with Crippen LogP contribution in [-0.4, -0.2) is 59.8 Å². The normalized spacial score (nSPS) is 14.9. The van der Waals surface area contributed by atoms with Gasteiger partial charge in [0.2, 0.25) is 0 Å². The van der Waals surface area contributed by atoms with E-state index >= 15 is 0 Å². The smallest absolute Gasteiger partial charge is 0.325 e. The van der Waals surface area contributed by atoms with Gasteiger partial charge in [0.1, 0.15) is 12.4 Å². The highest BCUT2D eigenvalue weighted by molar-refractivity contribution is 5.85. The lowest BCUT2D eigenvalue weighted by Gasteiger charge is -2.35. The lowest BCUT2D eigenvalue weighted by molar-refractivity contribution is -0.143. The predicted octanol–water partition coefficient (Wildman–Crippen LogP) is 3.27. The van der Waals surface area contributed by atoms with Crippen molar-refractivity contribution in [1.82, 2.24) is 14.5 Å². The van der Waals surface area contributed by atoms with Crippen LogP contribution < -0.4 is 4.90 Å². The van der Waals surface area contributed by atoms with Gasteiger partial charge >= 0.3 is 5.97 Å². The second-order valence-corrected chi connectivity index (χ2v) is 7.82. The highest BCUT2D eigenvalue weighted by atomic mass is 16.5. The van der Waals surface area contributed by atoms with Gasteiger partial charge in [-0.15, -0.1) is 0 Å². The molecule has 0 N–H and O–H groups in total. The Morgan fingerprint density at radius 2 is 1.87 bits per heavy atom. The molecule has 0 spiro atoms. The third kappa shape index (κ3) is 4.65. The Labute approximate surface area is 178 Å². The van der Waals surface area contributed by atoms with Crippen LogP contribution in [-0.2, 0) is 22.5 Å². The van der Waals surface area contributed by atoms with Gasteiger partial charge in [0.05, 0.1) is 6.61 Å². The van der Waals surface area contributed by atoms with Gasteiger partial charge in [-0.2, -0.15) is 0 Å². The molecule has 0 unspecified atom stereocenters. The van der Waals surface area contributed by atoms with E-state index in [0.29, 0.717) is 6.61 Å². The van der Waals surface area contributed by atoms with E-state index in [2.05, 4.69) is 51.3 Å². The van der Waals surface area contributed by atoms with Crippen molar-refractivity contribution in [3.05, 3.63) is 59.9 Å². The Kier molecular flexibility index (Phi) is 6.33. The minimum absolute atomic E-state index is 0.189. The minimum atomic E-state index is -0.189. The Morgan fingerprint density at radius 1 is 1.07 bits per heavy atom. The van der Waals surface area contributed by atoms with E-state index in [1.54, 1.807) is 0 Å². The number of nitrogens with zero attached hydrogens (tertiary/aromatic N) is 4.